The minimum Gasteiger partial charge on any atom is -0.497 e. The Balaban J connectivity index is 1.48. The Labute approximate surface area is 203 Å². The van der Waals surface area contributed by atoms with E-state index in [-0.39, 0.29) is 18.0 Å². The molecule has 2 heterocycles. The number of halogens is 1. The molecule has 1 amide bonds. The lowest BCUT2D eigenvalue weighted by atomic mass is 10.1. The Morgan fingerprint density at radius 2 is 1.76 bits per heavy atom. The molecule has 0 radical (unpaired) electrons. The second-order valence-electron chi connectivity index (χ2n) is 8.08. The second kappa shape index (κ2) is 10.2. The highest BCUT2D eigenvalue weighted by Crippen LogP contribution is 2.31. The minimum atomic E-state index is -0.341. The second-order valence-corrected chi connectivity index (χ2v) is 8.52. The van der Waals surface area contributed by atoms with Crippen molar-refractivity contribution in [2.24, 2.45) is 0 Å². The van der Waals surface area contributed by atoms with E-state index >= 15 is 0 Å². The van der Waals surface area contributed by atoms with Crippen LogP contribution in [0.3, 0.4) is 0 Å². The zero-order valence-electron chi connectivity index (χ0n) is 19.5. The molecular formula is C25H27ClN4O4. The molecule has 0 bridgehead atoms. The number of hydrogen-bond donors (Lipinski definition) is 0. The Morgan fingerprint density at radius 3 is 2.47 bits per heavy atom. The van der Waals surface area contributed by atoms with Gasteiger partial charge in [0.2, 0.25) is 5.91 Å². The molecule has 34 heavy (non-hydrogen) atoms. The summed E-state index contributed by atoms with van der Waals surface area (Å²) in [6.07, 6.45) is 0. The fraction of sp³-hybridized carbons (Fsp3) is 0.320. The molecule has 0 unspecified atom stereocenters. The van der Waals surface area contributed by atoms with E-state index in [9.17, 15) is 9.59 Å². The Bertz CT molecular complexity index is 1250. The lowest BCUT2D eigenvalue weighted by Crippen LogP contribution is -2.50. The number of anilines is 1. The molecule has 0 atom stereocenters. The average molecular weight is 483 g/mol. The first-order valence-electron chi connectivity index (χ1n) is 11.0. The van der Waals surface area contributed by atoms with Crippen molar-refractivity contribution in [2.45, 2.75) is 13.5 Å². The zero-order chi connectivity index (χ0) is 24.2. The van der Waals surface area contributed by atoms with Gasteiger partial charge in [0.25, 0.3) is 5.56 Å². The van der Waals surface area contributed by atoms with Gasteiger partial charge >= 0.3 is 0 Å². The quantitative estimate of drug-likeness (QED) is 0.537. The molecule has 0 spiro atoms. The van der Waals surface area contributed by atoms with Gasteiger partial charge < -0.3 is 19.3 Å². The largest absolute Gasteiger partial charge is 0.497 e. The first-order chi connectivity index (χ1) is 16.4. The minimum absolute atomic E-state index is 0.130. The fourth-order valence-electron chi connectivity index (χ4n) is 4.07. The number of amides is 1. The standard InChI is InChI=1S/C25H27ClN4O4/c1-17-4-5-18(26)14-22(17)28-10-12-29(13-11-28)25(32)16-30-24(31)9-7-21(27-30)20-15-19(33-2)6-8-23(20)34-3/h4-9,14-15H,10-13,16H2,1-3H3. The normalized spacial score (nSPS) is 13.6. The van der Waals surface area contributed by atoms with Crippen LogP contribution in [-0.4, -0.2) is 61.0 Å². The topological polar surface area (TPSA) is 76.9 Å². The number of carbonyl (C=O) groups is 1. The summed E-state index contributed by atoms with van der Waals surface area (Å²) < 4.78 is 11.9. The van der Waals surface area contributed by atoms with Crippen LogP contribution in [0.1, 0.15) is 5.56 Å². The monoisotopic (exact) mass is 482 g/mol. The van der Waals surface area contributed by atoms with Crippen LogP contribution in [0, 0.1) is 6.92 Å². The highest BCUT2D eigenvalue weighted by atomic mass is 35.5. The third-order valence-corrected chi connectivity index (χ3v) is 6.21. The predicted octanol–water partition coefficient (Wildman–Crippen LogP) is 3.24. The molecule has 2 aromatic carbocycles. The van der Waals surface area contributed by atoms with Crippen molar-refractivity contribution in [2.75, 3.05) is 45.3 Å². The Morgan fingerprint density at radius 1 is 1.00 bits per heavy atom. The highest BCUT2D eigenvalue weighted by molar-refractivity contribution is 6.30. The van der Waals surface area contributed by atoms with Crippen LogP contribution in [0.25, 0.3) is 11.3 Å². The van der Waals surface area contributed by atoms with Crippen LogP contribution >= 0.6 is 11.6 Å². The number of methoxy groups -OCH3 is 2. The molecule has 178 valence electrons. The first kappa shape index (κ1) is 23.6. The van der Waals surface area contributed by atoms with E-state index in [0.29, 0.717) is 54.0 Å². The molecule has 0 aliphatic carbocycles. The van der Waals surface area contributed by atoms with Crippen molar-refractivity contribution >= 4 is 23.2 Å². The number of carbonyl (C=O) groups excluding carboxylic acids is 1. The number of aromatic nitrogens is 2. The summed E-state index contributed by atoms with van der Waals surface area (Å²) in [6.45, 7) is 4.42. The molecule has 9 heteroatoms. The van der Waals surface area contributed by atoms with E-state index in [4.69, 9.17) is 21.1 Å². The SMILES string of the molecule is COc1ccc(OC)c(-c2ccc(=O)n(CC(=O)N3CCN(c4cc(Cl)ccc4C)CC3)n2)c1. The fourth-order valence-corrected chi connectivity index (χ4v) is 4.23. The zero-order valence-corrected chi connectivity index (χ0v) is 20.2. The number of benzene rings is 2. The summed E-state index contributed by atoms with van der Waals surface area (Å²) in [6, 6.07) is 14.2. The number of hydrogen-bond acceptors (Lipinski definition) is 6. The van der Waals surface area contributed by atoms with E-state index in [2.05, 4.69) is 10.00 Å². The van der Waals surface area contributed by atoms with Crippen LogP contribution in [-0.2, 0) is 11.3 Å². The van der Waals surface area contributed by atoms with Crippen LogP contribution in [0.4, 0.5) is 5.69 Å². The van der Waals surface area contributed by atoms with E-state index in [1.54, 1.807) is 43.4 Å². The molecule has 0 N–H and O–H groups in total. The summed E-state index contributed by atoms with van der Waals surface area (Å²) in [4.78, 5) is 29.4. The smallest absolute Gasteiger partial charge is 0.267 e. The molecule has 1 saturated heterocycles. The summed E-state index contributed by atoms with van der Waals surface area (Å²) in [5.74, 6) is 1.09. The van der Waals surface area contributed by atoms with E-state index in [1.165, 1.54) is 10.7 Å². The first-order valence-corrected chi connectivity index (χ1v) is 11.4. The number of rotatable bonds is 6. The summed E-state index contributed by atoms with van der Waals surface area (Å²) in [5.41, 5.74) is 3.08. The molecule has 1 aliphatic heterocycles. The summed E-state index contributed by atoms with van der Waals surface area (Å²) in [5, 5.41) is 5.13. The maximum absolute atomic E-state index is 13.0. The van der Waals surface area contributed by atoms with E-state index in [1.807, 2.05) is 25.1 Å². The lowest BCUT2D eigenvalue weighted by molar-refractivity contribution is -0.132. The molecule has 0 saturated carbocycles. The van der Waals surface area contributed by atoms with Gasteiger partial charge in [0.1, 0.15) is 18.0 Å². The van der Waals surface area contributed by atoms with Crippen LogP contribution < -0.4 is 19.9 Å². The summed E-state index contributed by atoms with van der Waals surface area (Å²) >= 11 is 6.17. The van der Waals surface area contributed by atoms with Gasteiger partial charge in [-0.1, -0.05) is 17.7 Å². The lowest BCUT2D eigenvalue weighted by Gasteiger charge is -2.37. The molecular weight excluding hydrogens is 456 g/mol. The van der Waals surface area contributed by atoms with Crippen molar-refractivity contribution in [3.63, 3.8) is 0 Å². The van der Waals surface area contributed by atoms with Crippen LogP contribution in [0.2, 0.25) is 5.02 Å². The van der Waals surface area contributed by atoms with Gasteiger partial charge in [-0.3, -0.25) is 9.59 Å². The van der Waals surface area contributed by atoms with Gasteiger partial charge in [0.05, 0.1) is 19.9 Å². The van der Waals surface area contributed by atoms with Gasteiger partial charge in [-0.05, 0) is 48.9 Å². The maximum atomic E-state index is 13.0. The van der Waals surface area contributed by atoms with Crippen LogP contribution in [0.15, 0.2) is 53.3 Å². The Kier molecular flexibility index (Phi) is 7.07. The van der Waals surface area contributed by atoms with Gasteiger partial charge in [-0.25, -0.2) is 4.68 Å². The highest BCUT2D eigenvalue weighted by Gasteiger charge is 2.23. The van der Waals surface area contributed by atoms with Crippen molar-refractivity contribution < 1.29 is 14.3 Å². The number of nitrogens with zero attached hydrogens (tertiary/aromatic N) is 4. The molecule has 8 nitrogen and oxygen atoms in total. The number of aryl methyl sites for hydroxylation is 1. The molecule has 1 aromatic heterocycles. The van der Waals surface area contributed by atoms with Crippen molar-refractivity contribution in [3.05, 3.63) is 69.5 Å². The average Bonchev–Trinajstić information content (AvgIpc) is 2.86. The molecule has 1 aliphatic rings. The number of ether oxygens (including phenoxy) is 2. The maximum Gasteiger partial charge on any atom is 0.267 e. The van der Waals surface area contributed by atoms with Gasteiger partial charge in [0, 0.05) is 48.5 Å². The predicted molar refractivity (Wildman–Crippen MR) is 132 cm³/mol. The van der Waals surface area contributed by atoms with Crippen molar-refractivity contribution in [3.8, 4) is 22.8 Å². The van der Waals surface area contributed by atoms with Crippen molar-refractivity contribution in [1.29, 1.82) is 0 Å². The van der Waals surface area contributed by atoms with Crippen LogP contribution in [0.5, 0.6) is 11.5 Å². The van der Waals surface area contributed by atoms with E-state index in [0.717, 1.165) is 11.3 Å². The Hall–Kier alpha value is -3.52. The van der Waals surface area contributed by atoms with Gasteiger partial charge in [-0.15, -0.1) is 0 Å². The molecule has 1 fully saturated rings. The molecule has 3 aromatic rings. The van der Waals surface area contributed by atoms with Crippen molar-refractivity contribution in [1.82, 2.24) is 14.7 Å². The number of piperazine rings is 1. The van der Waals surface area contributed by atoms with Gasteiger partial charge in [0.15, 0.2) is 0 Å². The third kappa shape index (κ3) is 5.02. The molecule has 4 rings (SSSR count). The summed E-state index contributed by atoms with van der Waals surface area (Å²) in [7, 11) is 3.14. The third-order valence-electron chi connectivity index (χ3n) is 5.98. The van der Waals surface area contributed by atoms with Gasteiger partial charge in [-0.2, -0.15) is 5.10 Å². The van der Waals surface area contributed by atoms with E-state index < -0.39 is 0 Å².